The van der Waals surface area contributed by atoms with E-state index in [4.69, 9.17) is 9.84 Å². The summed E-state index contributed by atoms with van der Waals surface area (Å²) in [5.41, 5.74) is 1.74. The summed E-state index contributed by atoms with van der Waals surface area (Å²) in [6, 6.07) is 6.79. The van der Waals surface area contributed by atoms with Crippen molar-refractivity contribution in [3.05, 3.63) is 35.4 Å². The highest BCUT2D eigenvalue weighted by atomic mass is 16.5. The van der Waals surface area contributed by atoms with Crippen LogP contribution in [0, 0.1) is 5.92 Å². The van der Waals surface area contributed by atoms with Gasteiger partial charge in [0.15, 0.2) is 5.78 Å². The molecule has 0 aliphatic carbocycles. The van der Waals surface area contributed by atoms with E-state index >= 15 is 0 Å². The van der Waals surface area contributed by atoms with Crippen LogP contribution in [0.1, 0.15) is 43.1 Å². The average molecular weight is 321 g/mol. The number of aliphatic hydroxyl groups excluding tert-OH is 1. The summed E-state index contributed by atoms with van der Waals surface area (Å²) >= 11 is 0. The summed E-state index contributed by atoms with van der Waals surface area (Å²) in [4.78, 5) is 24.2. The first kappa shape index (κ1) is 19.3. The summed E-state index contributed by atoms with van der Waals surface area (Å²) in [6.07, 6.45) is 0.921. The molecular formula is C18H27NO4. The molecule has 1 atom stereocenters. The lowest BCUT2D eigenvalue weighted by Crippen LogP contribution is -2.40. The van der Waals surface area contributed by atoms with Gasteiger partial charge in [0.05, 0.1) is 25.7 Å². The van der Waals surface area contributed by atoms with Crippen molar-refractivity contribution < 1.29 is 19.4 Å². The molecular weight excluding hydrogens is 294 g/mol. The van der Waals surface area contributed by atoms with Gasteiger partial charge in [-0.1, -0.05) is 38.1 Å². The highest BCUT2D eigenvalue weighted by Crippen LogP contribution is 2.12. The smallest absolute Gasteiger partial charge is 0.307 e. The van der Waals surface area contributed by atoms with E-state index in [0.717, 1.165) is 6.42 Å². The molecule has 128 valence electrons. The van der Waals surface area contributed by atoms with Crippen molar-refractivity contribution in [2.75, 3.05) is 19.8 Å². The van der Waals surface area contributed by atoms with E-state index in [0.29, 0.717) is 11.5 Å². The Labute approximate surface area is 138 Å². The Morgan fingerprint density at radius 1 is 1.22 bits per heavy atom. The lowest BCUT2D eigenvalue weighted by molar-refractivity contribution is -0.143. The number of ketones is 1. The van der Waals surface area contributed by atoms with E-state index in [2.05, 4.69) is 19.2 Å². The van der Waals surface area contributed by atoms with Crippen molar-refractivity contribution >= 4 is 11.8 Å². The normalized spacial score (nSPS) is 12.2. The molecule has 0 bridgehead atoms. The first-order valence-corrected chi connectivity index (χ1v) is 8.10. The Bertz CT molecular complexity index is 496. The number of benzene rings is 1. The van der Waals surface area contributed by atoms with Crippen molar-refractivity contribution in [2.45, 2.75) is 39.7 Å². The van der Waals surface area contributed by atoms with Crippen LogP contribution in [0.25, 0.3) is 0 Å². The number of hydrogen-bond donors (Lipinski definition) is 2. The van der Waals surface area contributed by atoms with E-state index in [1.807, 2.05) is 12.1 Å². The second-order valence-corrected chi connectivity index (χ2v) is 5.90. The van der Waals surface area contributed by atoms with Gasteiger partial charge in [0.2, 0.25) is 0 Å². The Morgan fingerprint density at radius 3 is 2.39 bits per heavy atom. The highest BCUT2D eigenvalue weighted by molar-refractivity contribution is 6.01. The topological polar surface area (TPSA) is 75.6 Å². The predicted molar refractivity (Wildman–Crippen MR) is 89.4 cm³/mol. The lowest BCUT2D eigenvalue weighted by Gasteiger charge is -2.16. The van der Waals surface area contributed by atoms with Gasteiger partial charge < -0.3 is 15.2 Å². The molecule has 0 aromatic heterocycles. The Morgan fingerprint density at radius 2 is 1.87 bits per heavy atom. The van der Waals surface area contributed by atoms with Gasteiger partial charge in [-0.15, -0.1) is 0 Å². The number of aliphatic hydroxyl groups is 1. The van der Waals surface area contributed by atoms with Gasteiger partial charge in [-0.3, -0.25) is 9.59 Å². The highest BCUT2D eigenvalue weighted by Gasteiger charge is 2.23. The molecule has 0 fully saturated rings. The number of rotatable bonds is 10. The van der Waals surface area contributed by atoms with Crippen molar-refractivity contribution in [2.24, 2.45) is 5.92 Å². The van der Waals surface area contributed by atoms with Gasteiger partial charge >= 0.3 is 5.97 Å². The minimum atomic E-state index is -0.683. The maximum absolute atomic E-state index is 12.6. The number of esters is 1. The fourth-order valence-corrected chi connectivity index (χ4v) is 2.36. The summed E-state index contributed by atoms with van der Waals surface area (Å²) < 4.78 is 4.91. The third-order valence-electron chi connectivity index (χ3n) is 3.38. The fraction of sp³-hybridized carbons (Fsp3) is 0.556. The molecule has 0 aliphatic rings. The number of nitrogens with one attached hydrogen (secondary N) is 1. The molecule has 2 N–H and O–H groups in total. The predicted octanol–water partition coefficient (Wildman–Crippen LogP) is 1.97. The maximum Gasteiger partial charge on any atom is 0.307 e. The molecule has 0 heterocycles. The van der Waals surface area contributed by atoms with E-state index in [1.165, 1.54) is 5.56 Å². The minimum Gasteiger partial charge on any atom is -0.466 e. The van der Waals surface area contributed by atoms with Crippen molar-refractivity contribution in [3.63, 3.8) is 0 Å². The SMILES string of the molecule is CCOC(=O)CC(NCCO)C(=O)c1ccc(CC(C)C)cc1. The van der Waals surface area contributed by atoms with Gasteiger partial charge in [0, 0.05) is 12.1 Å². The average Bonchev–Trinajstić information content (AvgIpc) is 2.51. The van der Waals surface area contributed by atoms with E-state index < -0.39 is 12.0 Å². The van der Waals surface area contributed by atoms with Gasteiger partial charge in [-0.25, -0.2) is 0 Å². The summed E-state index contributed by atoms with van der Waals surface area (Å²) in [5.74, 6) is -0.0327. The van der Waals surface area contributed by atoms with Gasteiger partial charge in [0.1, 0.15) is 0 Å². The molecule has 0 saturated heterocycles. The monoisotopic (exact) mass is 321 g/mol. The molecule has 0 amide bonds. The van der Waals surface area contributed by atoms with Crippen LogP contribution in [0.15, 0.2) is 24.3 Å². The number of hydrogen-bond acceptors (Lipinski definition) is 5. The molecule has 23 heavy (non-hydrogen) atoms. The van der Waals surface area contributed by atoms with E-state index in [9.17, 15) is 9.59 Å². The molecule has 5 nitrogen and oxygen atoms in total. The zero-order valence-corrected chi connectivity index (χ0v) is 14.2. The molecule has 0 spiro atoms. The van der Waals surface area contributed by atoms with E-state index in [-0.39, 0.29) is 32.0 Å². The zero-order valence-electron chi connectivity index (χ0n) is 14.2. The third-order valence-corrected chi connectivity index (χ3v) is 3.38. The second kappa shape index (κ2) is 10.1. The molecule has 0 saturated carbocycles. The van der Waals surface area contributed by atoms with Crippen LogP contribution in [-0.2, 0) is 16.0 Å². The van der Waals surface area contributed by atoms with Crippen LogP contribution in [0.4, 0.5) is 0 Å². The third kappa shape index (κ3) is 6.93. The molecule has 1 rings (SSSR count). The molecule has 0 radical (unpaired) electrons. The van der Waals surface area contributed by atoms with Gasteiger partial charge in [-0.05, 0) is 24.8 Å². The molecule has 1 aromatic rings. The maximum atomic E-state index is 12.6. The van der Waals surface area contributed by atoms with Crippen molar-refractivity contribution in [1.29, 1.82) is 0 Å². The summed E-state index contributed by atoms with van der Waals surface area (Å²) in [5, 5.41) is 11.8. The molecule has 5 heteroatoms. The first-order valence-electron chi connectivity index (χ1n) is 8.10. The second-order valence-electron chi connectivity index (χ2n) is 5.90. The first-order chi connectivity index (χ1) is 11.0. The Kier molecular flexibility index (Phi) is 8.51. The standard InChI is InChI=1S/C18H27NO4/c1-4-23-17(21)12-16(19-9-10-20)18(22)15-7-5-14(6-8-15)11-13(2)3/h5-8,13,16,19-20H,4,9-12H2,1-3H3. The number of ether oxygens (including phenoxy) is 1. The molecule has 1 aromatic carbocycles. The zero-order chi connectivity index (χ0) is 17.2. The van der Waals surface area contributed by atoms with Crippen LogP contribution in [0.5, 0.6) is 0 Å². The van der Waals surface area contributed by atoms with Crippen LogP contribution in [0.2, 0.25) is 0 Å². The van der Waals surface area contributed by atoms with Crippen molar-refractivity contribution in [3.8, 4) is 0 Å². The Hall–Kier alpha value is -1.72. The quantitative estimate of drug-likeness (QED) is 0.509. The summed E-state index contributed by atoms with van der Waals surface area (Å²) in [7, 11) is 0. The minimum absolute atomic E-state index is 0.0413. The molecule has 0 aliphatic heterocycles. The van der Waals surface area contributed by atoms with Crippen LogP contribution in [0.3, 0.4) is 0 Å². The number of Topliss-reactive ketones (excluding diaryl/α,β-unsaturated/α-hetero) is 1. The van der Waals surface area contributed by atoms with Crippen LogP contribution >= 0.6 is 0 Å². The van der Waals surface area contributed by atoms with E-state index in [1.54, 1.807) is 19.1 Å². The summed E-state index contributed by atoms with van der Waals surface area (Å²) in [6.45, 7) is 6.45. The van der Waals surface area contributed by atoms with Crippen molar-refractivity contribution in [1.82, 2.24) is 5.32 Å². The number of carbonyl (C=O) groups excluding carboxylic acids is 2. The largest absolute Gasteiger partial charge is 0.466 e. The van der Waals surface area contributed by atoms with Gasteiger partial charge in [-0.2, -0.15) is 0 Å². The van der Waals surface area contributed by atoms with Crippen LogP contribution < -0.4 is 5.32 Å². The molecule has 1 unspecified atom stereocenters. The fourth-order valence-electron chi connectivity index (χ4n) is 2.36. The van der Waals surface area contributed by atoms with Gasteiger partial charge in [0.25, 0.3) is 0 Å². The van der Waals surface area contributed by atoms with Crippen LogP contribution in [-0.4, -0.2) is 42.7 Å². The lowest BCUT2D eigenvalue weighted by atomic mass is 9.97. The Balaban J connectivity index is 2.79. The number of carbonyl (C=O) groups is 2.